The van der Waals surface area contributed by atoms with E-state index in [9.17, 15) is 4.79 Å². The number of carbonyl (C=O) groups is 1. The second kappa shape index (κ2) is 17.6. The largest absolute Gasteiger partial charge is 0.478 e. The Bertz CT molecular complexity index is 282. The summed E-state index contributed by atoms with van der Waals surface area (Å²) in [6.07, 6.45) is 23.1. The summed E-state index contributed by atoms with van der Waals surface area (Å²) in [6, 6.07) is 0. The summed E-state index contributed by atoms with van der Waals surface area (Å²) in [5.41, 5.74) is 0. The fourth-order valence-corrected chi connectivity index (χ4v) is 2.94. The molecule has 0 aromatic carbocycles. The summed E-state index contributed by atoms with van der Waals surface area (Å²) in [6.45, 7) is 4.63. The van der Waals surface area contributed by atoms with Crippen molar-refractivity contribution >= 4 is 5.97 Å². The summed E-state index contributed by atoms with van der Waals surface area (Å²) >= 11 is 0. The summed E-state index contributed by atoms with van der Waals surface area (Å²) in [7, 11) is 0. The first-order valence-electron chi connectivity index (χ1n) is 10.0. The van der Waals surface area contributed by atoms with Crippen molar-refractivity contribution in [3.05, 3.63) is 12.2 Å². The van der Waals surface area contributed by atoms with Gasteiger partial charge < -0.3 is 5.11 Å². The molecule has 0 saturated heterocycles. The van der Waals surface area contributed by atoms with E-state index in [1.165, 1.54) is 89.5 Å². The fourth-order valence-electron chi connectivity index (χ4n) is 2.94. The molecule has 0 heterocycles. The molecular formula is C21H40O2. The van der Waals surface area contributed by atoms with Gasteiger partial charge in [0.05, 0.1) is 0 Å². The lowest BCUT2D eigenvalue weighted by Crippen LogP contribution is -1.87. The van der Waals surface area contributed by atoms with Crippen molar-refractivity contribution in [3.63, 3.8) is 0 Å². The third-order valence-corrected chi connectivity index (χ3v) is 4.41. The molecule has 0 aliphatic rings. The maximum absolute atomic E-state index is 10.3. The smallest absolute Gasteiger partial charge is 0.327 e. The van der Waals surface area contributed by atoms with Gasteiger partial charge in [0.2, 0.25) is 0 Å². The van der Waals surface area contributed by atoms with Crippen molar-refractivity contribution in [2.24, 2.45) is 5.92 Å². The molecule has 0 spiro atoms. The number of carboxylic acid groups (broad SMARTS) is 1. The number of allylic oxidation sites excluding steroid dienone is 1. The molecule has 1 N–H and O–H groups in total. The average Bonchev–Trinajstić information content (AvgIpc) is 2.49. The van der Waals surface area contributed by atoms with Crippen LogP contribution in [0.1, 0.15) is 110 Å². The number of carboxylic acids is 1. The van der Waals surface area contributed by atoms with E-state index in [2.05, 4.69) is 13.8 Å². The Balaban J connectivity index is 3.04. The van der Waals surface area contributed by atoms with Crippen LogP contribution in [0.2, 0.25) is 0 Å². The molecule has 0 atom stereocenters. The number of rotatable bonds is 17. The van der Waals surface area contributed by atoms with Crippen LogP contribution in [0.5, 0.6) is 0 Å². The van der Waals surface area contributed by atoms with Crippen molar-refractivity contribution in [2.75, 3.05) is 0 Å². The van der Waals surface area contributed by atoms with Crippen molar-refractivity contribution in [1.82, 2.24) is 0 Å². The van der Waals surface area contributed by atoms with Crippen LogP contribution in [0.3, 0.4) is 0 Å². The zero-order valence-electron chi connectivity index (χ0n) is 15.7. The van der Waals surface area contributed by atoms with Gasteiger partial charge in [-0.25, -0.2) is 4.79 Å². The summed E-state index contributed by atoms with van der Waals surface area (Å²) in [5.74, 6) is 0.0387. The van der Waals surface area contributed by atoms with E-state index in [1.54, 1.807) is 6.08 Å². The topological polar surface area (TPSA) is 37.3 Å². The fraction of sp³-hybridized carbons (Fsp3) is 0.857. The minimum atomic E-state index is -0.833. The van der Waals surface area contributed by atoms with Crippen LogP contribution in [0.4, 0.5) is 0 Å². The van der Waals surface area contributed by atoms with Gasteiger partial charge in [-0.3, -0.25) is 0 Å². The SMILES string of the molecule is CC(C)CCCCCCCCCCCCCCC/C=C/C(=O)O. The predicted octanol–water partition coefficient (Wildman–Crippen LogP) is 7.13. The Morgan fingerprint density at radius 2 is 1.13 bits per heavy atom. The molecule has 0 aromatic heterocycles. The molecular weight excluding hydrogens is 284 g/mol. The Kier molecular flexibility index (Phi) is 17.0. The van der Waals surface area contributed by atoms with Gasteiger partial charge in [-0.05, 0) is 18.8 Å². The summed E-state index contributed by atoms with van der Waals surface area (Å²) in [4.78, 5) is 10.3. The normalized spacial score (nSPS) is 11.6. The van der Waals surface area contributed by atoms with Gasteiger partial charge in [-0.2, -0.15) is 0 Å². The second-order valence-corrected chi connectivity index (χ2v) is 7.31. The molecule has 23 heavy (non-hydrogen) atoms. The van der Waals surface area contributed by atoms with Gasteiger partial charge in [0.25, 0.3) is 0 Å². The Hall–Kier alpha value is -0.790. The van der Waals surface area contributed by atoms with Crippen LogP contribution in [0, 0.1) is 5.92 Å². The second-order valence-electron chi connectivity index (χ2n) is 7.31. The first-order chi connectivity index (χ1) is 11.1. The highest BCUT2D eigenvalue weighted by Crippen LogP contribution is 2.14. The standard InChI is InChI=1S/C21H40O2/c1-20(2)18-16-14-12-10-8-6-4-3-5-7-9-11-13-15-17-19-21(22)23/h17,19-20H,3-16,18H2,1-2H3,(H,22,23)/b19-17+. The molecule has 0 saturated carbocycles. The predicted molar refractivity (Wildman–Crippen MR) is 101 cm³/mol. The third-order valence-electron chi connectivity index (χ3n) is 4.41. The lowest BCUT2D eigenvalue weighted by Gasteiger charge is -2.04. The number of unbranched alkanes of at least 4 members (excludes halogenated alkanes) is 13. The molecule has 0 fully saturated rings. The number of hydrogen-bond donors (Lipinski definition) is 1. The van der Waals surface area contributed by atoms with E-state index in [4.69, 9.17) is 5.11 Å². The van der Waals surface area contributed by atoms with Crippen molar-refractivity contribution < 1.29 is 9.90 Å². The van der Waals surface area contributed by atoms with E-state index >= 15 is 0 Å². The number of hydrogen-bond acceptors (Lipinski definition) is 1. The minimum absolute atomic E-state index is 0.833. The van der Waals surface area contributed by atoms with Crippen molar-refractivity contribution in [2.45, 2.75) is 110 Å². The molecule has 0 rings (SSSR count). The van der Waals surface area contributed by atoms with Crippen molar-refractivity contribution in [1.29, 1.82) is 0 Å². The lowest BCUT2D eigenvalue weighted by atomic mass is 10.0. The zero-order chi connectivity index (χ0) is 17.2. The summed E-state index contributed by atoms with van der Waals surface area (Å²) < 4.78 is 0. The van der Waals surface area contributed by atoms with Crippen LogP contribution in [0.25, 0.3) is 0 Å². The highest BCUT2D eigenvalue weighted by Gasteiger charge is 1.96. The molecule has 2 heteroatoms. The first-order valence-corrected chi connectivity index (χ1v) is 10.0. The maximum Gasteiger partial charge on any atom is 0.327 e. The van der Waals surface area contributed by atoms with Crippen LogP contribution < -0.4 is 0 Å². The van der Waals surface area contributed by atoms with Crippen molar-refractivity contribution in [3.8, 4) is 0 Å². The quantitative estimate of drug-likeness (QED) is 0.228. The molecule has 0 radical (unpaired) electrons. The van der Waals surface area contributed by atoms with E-state index in [0.717, 1.165) is 18.8 Å². The summed E-state index contributed by atoms with van der Waals surface area (Å²) in [5, 5.41) is 8.46. The van der Waals surface area contributed by atoms with Crippen LogP contribution in [-0.4, -0.2) is 11.1 Å². The van der Waals surface area contributed by atoms with Crippen LogP contribution in [-0.2, 0) is 4.79 Å². The van der Waals surface area contributed by atoms with Gasteiger partial charge in [-0.1, -0.05) is 103 Å². The molecule has 2 nitrogen and oxygen atoms in total. The Morgan fingerprint density at radius 1 is 0.739 bits per heavy atom. The van der Waals surface area contributed by atoms with E-state index in [-0.39, 0.29) is 0 Å². The van der Waals surface area contributed by atoms with Crippen LogP contribution in [0.15, 0.2) is 12.2 Å². The van der Waals surface area contributed by atoms with Crippen LogP contribution >= 0.6 is 0 Å². The first kappa shape index (κ1) is 22.2. The van der Waals surface area contributed by atoms with Gasteiger partial charge in [0.15, 0.2) is 0 Å². The Labute approximate surface area is 144 Å². The molecule has 136 valence electrons. The minimum Gasteiger partial charge on any atom is -0.478 e. The molecule has 0 amide bonds. The maximum atomic E-state index is 10.3. The molecule has 0 unspecified atom stereocenters. The lowest BCUT2D eigenvalue weighted by molar-refractivity contribution is -0.131. The Morgan fingerprint density at radius 3 is 1.52 bits per heavy atom. The highest BCUT2D eigenvalue weighted by atomic mass is 16.4. The third kappa shape index (κ3) is 21.2. The van der Waals surface area contributed by atoms with E-state index < -0.39 is 5.97 Å². The van der Waals surface area contributed by atoms with E-state index in [1.807, 2.05) is 0 Å². The number of aliphatic carboxylic acids is 1. The average molecular weight is 325 g/mol. The molecule has 0 bridgehead atoms. The molecule has 0 aromatic rings. The van der Waals surface area contributed by atoms with Gasteiger partial charge >= 0.3 is 5.97 Å². The highest BCUT2D eigenvalue weighted by molar-refractivity contribution is 5.79. The van der Waals surface area contributed by atoms with Gasteiger partial charge in [0, 0.05) is 6.08 Å². The van der Waals surface area contributed by atoms with E-state index in [0.29, 0.717) is 0 Å². The molecule has 0 aliphatic heterocycles. The molecule has 0 aliphatic carbocycles. The monoisotopic (exact) mass is 324 g/mol. The zero-order valence-corrected chi connectivity index (χ0v) is 15.7. The van der Waals surface area contributed by atoms with Gasteiger partial charge in [0.1, 0.15) is 0 Å². The van der Waals surface area contributed by atoms with Gasteiger partial charge in [-0.15, -0.1) is 0 Å².